The van der Waals surface area contributed by atoms with Gasteiger partial charge in [-0.1, -0.05) is 27.7 Å². The van der Waals surface area contributed by atoms with Crippen LogP contribution in [0, 0.1) is 11.8 Å². The lowest BCUT2D eigenvalue weighted by molar-refractivity contribution is 0.0843. The van der Waals surface area contributed by atoms with E-state index in [4.69, 9.17) is 0 Å². The predicted octanol–water partition coefficient (Wildman–Crippen LogP) is 2.67. The van der Waals surface area contributed by atoms with Crippen LogP contribution in [0.2, 0.25) is 0 Å². The van der Waals surface area contributed by atoms with E-state index in [-0.39, 0.29) is 0 Å². The Morgan fingerprint density at radius 3 is 2.40 bits per heavy atom. The van der Waals surface area contributed by atoms with Crippen LogP contribution in [0.5, 0.6) is 0 Å². The van der Waals surface area contributed by atoms with Gasteiger partial charge in [0.05, 0.1) is 0 Å². The molecule has 0 aromatic carbocycles. The Bertz CT molecular complexity index is 253. The van der Waals surface area contributed by atoms with Gasteiger partial charge in [-0.2, -0.15) is 0 Å². The van der Waals surface area contributed by atoms with E-state index in [1.54, 1.807) is 0 Å². The molecule has 120 valence electrons. The highest BCUT2D eigenvalue weighted by Gasteiger charge is 2.32. The summed E-state index contributed by atoms with van der Waals surface area (Å²) in [6, 6.07) is 1.41. The lowest BCUT2D eigenvalue weighted by Gasteiger charge is -2.43. The third kappa shape index (κ3) is 6.11. The molecule has 0 spiro atoms. The summed E-state index contributed by atoms with van der Waals surface area (Å²) in [6.45, 7) is 14.0. The average molecular weight is 284 g/mol. The molecule has 0 aromatic heterocycles. The van der Waals surface area contributed by atoms with Gasteiger partial charge < -0.3 is 10.2 Å². The molecule has 3 atom stereocenters. The van der Waals surface area contributed by atoms with Gasteiger partial charge in [0, 0.05) is 31.7 Å². The van der Waals surface area contributed by atoms with Crippen molar-refractivity contribution in [2.45, 2.75) is 59.0 Å². The SMILES string of the molecule is CCNC1CCC(C)CC1N(CCN(C)C)CC(C)C. The Labute approximate surface area is 127 Å². The Morgan fingerprint density at radius 1 is 1.15 bits per heavy atom. The van der Waals surface area contributed by atoms with Crippen LogP contribution < -0.4 is 5.32 Å². The van der Waals surface area contributed by atoms with Crippen LogP contribution in [-0.2, 0) is 0 Å². The van der Waals surface area contributed by atoms with Gasteiger partial charge in [0.2, 0.25) is 0 Å². The molecular formula is C17H37N3. The smallest absolute Gasteiger partial charge is 0.0252 e. The number of likely N-dealkylation sites (N-methyl/N-ethyl adjacent to an activating group) is 2. The number of rotatable bonds is 8. The molecule has 0 aliphatic heterocycles. The maximum atomic E-state index is 3.74. The van der Waals surface area contributed by atoms with Crippen LogP contribution in [0.4, 0.5) is 0 Å². The molecule has 1 aliphatic rings. The molecule has 1 fully saturated rings. The maximum absolute atomic E-state index is 3.74. The maximum Gasteiger partial charge on any atom is 0.0252 e. The number of hydrogen-bond acceptors (Lipinski definition) is 3. The summed E-state index contributed by atoms with van der Waals surface area (Å²) < 4.78 is 0. The quantitative estimate of drug-likeness (QED) is 0.739. The summed E-state index contributed by atoms with van der Waals surface area (Å²) in [5, 5.41) is 3.74. The molecule has 0 radical (unpaired) electrons. The van der Waals surface area contributed by atoms with Crippen LogP contribution in [0.3, 0.4) is 0 Å². The minimum Gasteiger partial charge on any atom is -0.313 e. The van der Waals surface area contributed by atoms with Gasteiger partial charge in [0.25, 0.3) is 0 Å². The van der Waals surface area contributed by atoms with Crippen LogP contribution in [-0.4, -0.2) is 62.2 Å². The van der Waals surface area contributed by atoms with Crippen molar-refractivity contribution in [2.75, 3.05) is 40.3 Å². The van der Waals surface area contributed by atoms with Crippen LogP contribution in [0.25, 0.3) is 0 Å². The minimum atomic E-state index is 0.692. The van der Waals surface area contributed by atoms with Crippen molar-refractivity contribution in [2.24, 2.45) is 11.8 Å². The Kier molecular flexibility index (Phi) is 8.08. The van der Waals surface area contributed by atoms with E-state index in [0.29, 0.717) is 6.04 Å². The van der Waals surface area contributed by atoms with E-state index in [1.807, 2.05) is 0 Å². The molecule has 0 bridgehead atoms. The molecule has 0 aromatic rings. The Hall–Kier alpha value is -0.120. The predicted molar refractivity (Wildman–Crippen MR) is 89.2 cm³/mol. The zero-order valence-corrected chi connectivity index (χ0v) is 14.7. The topological polar surface area (TPSA) is 18.5 Å². The third-order valence-corrected chi connectivity index (χ3v) is 4.45. The van der Waals surface area contributed by atoms with Crippen molar-refractivity contribution in [3.8, 4) is 0 Å². The lowest BCUT2D eigenvalue weighted by Crippen LogP contribution is -2.55. The summed E-state index contributed by atoms with van der Waals surface area (Å²) >= 11 is 0. The zero-order valence-electron chi connectivity index (χ0n) is 14.7. The Morgan fingerprint density at radius 2 is 1.85 bits per heavy atom. The van der Waals surface area contributed by atoms with E-state index in [9.17, 15) is 0 Å². The number of hydrogen-bond donors (Lipinski definition) is 1. The van der Waals surface area contributed by atoms with Crippen molar-refractivity contribution in [3.05, 3.63) is 0 Å². The highest BCUT2D eigenvalue weighted by Crippen LogP contribution is 2.28. The van der Waals surface area contributed by atoms with E-state index in [1.165, 1.54) is 32.4 Å². The molecule has 1 N–H and O–H groups in total. The van der Waals surface area contributed by atoms with Crippen molar-refractivity contribution in [1.29, 1.82) is 0 Å². The highest BCUT2D eigenvalue weighted by atomic mass is 15.2. The van der Waals surface area contributed by atoms with E-state index >= 15 is 0 Å². The number of nitrogens with zero attached hydrogens (tertiary/aromatic N) is 2. The first-order valence-corrected chi connectivity index (χ1v) is 8.56. The van der Waals surface area contributed by atoms with E-state index < -0.39 is 0 Å². The first kappa shape index (κ1) is 17.9. The van der Waals surface area contributed by atoms with Crippen molar-refractivity contribution >= 4 is 0 Å². The fourth-order valence-corrected chi connectivity index (χ4v) is 3.44. The standard InChI is InChI=1S/C17H37N3/c1-7-18-16-9-8-15(4)12-17(16)20(13-14(2)3)11-10-19(5)6/h14-18H,7-13H2,1-6H3. The summed E-state index contributed by atoms with van der Waals surface area (Å²) in [7, 11) is 4.36. The normalized spacial score (nSPS) is 27.8. The second-order valence-electron chi connectivity index (χ2n) is 7.34. The molecule has 1 saturated carbocycles. The van der Waals surface area contributed by atoms with Gasteiger partial charge in [-0.25, -0.2) is 0 Å². The zero-order chi connectivity index (χ0) is 15.1. The summed E-state index contributed by atoms with van der Waals surface area (Å²) in [5.74, 6) is 1.63. The van der Waals surface area contributed by atoms with Crippen molar-refractivity contribution < 1.29 is 0 Å². The minimum absolute atomic E-state index is 0.692. The molecule has 0 amide bonds. The summed E-state index contributed by atoms with van der Waals surface area (Å²) in [6.07, 6.45) is 4.09. The first-order valence-electron chi connectivity index (χ1n) is 8.56. The molecule has 3 heteroatoms. The molecule has 0 heterocycles. The van der Waals surface area contributed by atoms with Crippen molar-refractivity contribution in [1.82, 2.24) is 15.1 Å². The molecule has 20 heavy (non-hydrogen) atoms. The number of nitrogens with one attached hydrogen (secondary N) is 1. The van der Waals surface area contributed by atoms with Crippen LogP contribution in [0.1, 0.15) is 47.0 Å². The molecule has 3 unspecified atom stereocenters. The third-order valence-electron chi connectivity index (χ3n) is 4.45. The van der Waals surface area contributed by atoms with E-state index in [2.05, 4.69) is 56.9 Å². The molecule has 0 saturated heterocycles. The van der Waals surface area contributed by atoms with Gasteiger partial charge in [-0.3, -0.25) is 4.90 Å². The van der Waals surface area contributed by atoms with Gasteiger partial charge in [0.1, 0.15) is 0 Å². The average Bonchev–Trinajstić information content (AvgIpc) is 2.36. The Balaban J connectivity index is 2.71. The highest BCUT2D eigenvalue weighted by molar-refractivity contribution is 4.90. The molecule has 1 aliphatic carbocycles. The van der Waals surface area contributed by atoms with E-state index in [0.717, 1.165) is 31.0 Å². The lowest BCUT2D eigenvalue weighted by atomic mass is 9.82. The van der Waals surface area contributed by atoms with Gasteiger partial charge in [-0.15, -0.1) is 0 Å². The first-order chi connectivity index (χ1) is 9.43. The largest absolute Gasteiger partial charge is 0.313 e. The summed E-state index contributed by atoms with van der Waals surface area (Å²) in [5.41, 5.74) is 0. The monoisotopic (exact) mass is 283 g/mol. The molecule has 1 rings (SSSR count). The molecule has 3 nitrogen and oxygen atoms in total. The fourth-order valence-electron chi connectivity index (χ4n) is 3.44. The second kappa shape index (κ2) is 9.01. The molecular weight excluding hydrogens is 246 g/mol. The van der Waals surface area contributed by atoms with Crippen LogP contribution >= 0.6 is 0 Å². The second-order valence-corrected chi connectivity index (χ2v) is 7.34. The van der Waals surface area contributed by atoms with Crippen LogP contribution in [0.15, 0.2) is 0 Å². The van der Waals surface area contributed by atoms with Gasteiger partial charge in [-0.05, 0) is 51.7 Å². The van der Waals surface area contributed by atoms with Crippen molar-refractivity contribution in [3.63, 3.8) is 0 Å². The van der Waals surface area contributed by atoms with Gasteiger partial charge >= 0.3 is 0 Å². The fraction of sp³-hybridized carbons (Fsp3) is 1.00. The summed E-state index contributed by atoms with van der Waals surface area (Å²) in [4.78, 5) is 5.06. The van der Waals surface area contributed by atoms with Gasteiger partial charge in [0.15, 0.2) is 0 Å².